The van der Waals surface area contributed by atoms with Crippen molar-refractivity contribution in [2.75, 3.05) is 23.7 Å². The molecule has 1 saturated heterocycles. The van der Waals surface area contributed by atoms with Gasteiger partial charge in [0.15, 0.2) is 0 Å². The van der Waals surface area contributed by atoms with Gasteiger partial charge in [0.1, 0.15) is 0 Å². The van der Waals surface area contributed by atoms with Gasteiger partial charge in [-0.3, -0.25) is 0 Å². The molecule has 0 saturated carbocycles. The van der Waals surface area contributed by atoms with Crippen molar-refractivity contribution in [3.05, 3.63) is 22.7 Å². The first kappa shape index (κ1) is 11.8. The Hall–Kier alpha value is -0.700. The summed E-state index contributed by atoms with van der Waals surface area (Å²) in [6.07, 6.45) is 3.93. The fraction of sp³-hybridized carbons (Fsp3) is 0.538. The van der Waals surface area contributed by atoms with Gasteiger partial charge in [-0.25, -0.2) is 0 Å². The predicted octanol–water partition coefficient (Wildman–Crippen LogP) is 3.66. The third-order valence-electron chi connectivity index (χ3n) is 3.33. The summed E-state index contributed by atoms with van der Waals surface area (Å²) in [5.41, 5.74) is 7.86. The molecule has 0 aromatic heterocycles. The second kappa shape index (κ2) is 5.09. The third kappa shape index (κ3) is 2.70. The lowest BCUT2D eigenvalue weighted by Gasteiger charge is -2.24. The highest BCUT2D eigenvalue weighted by atomic mass is 79.9. The highest BCUT2D eigenvalue weighted by Crippen LogP contribution is 2.30. The molecule has 1 aromatic carbocycles. The fourth-order valence-corrected chi connectivity index (χ4v) is 2.93. The summed E-state index contributed by atoms with van der Waals surface area (Å²) in [5, 5.41) is 0. The summed E-state index contributed by atoms with van der Waals surface area (Å²) in [7, 11) is 0. The van der Waals surface area contributed by atoms with Gasteiger partial charge in [0.2, 0.25) is 0 Å². The summed E-state index contributed by atoms with van der Waals surface area (Å²) in [4.78, 5) is 2.47. The molecule has 2 rings (SSSR count). The number of halogens is 1. The Kier molecular flexibility index (Phi) is 3.74. The molecule has 3 heteroatoms. The molecule has 2 N–H and O–H groups in total. The minimum absolute atomic E-state index is 0.818. The van der Waals surface area contributed by atoms with Gasteiger partial charge in [-0.05, 0) is 59.3 Å². The second-order valence-corrected chi connectivity index (χ2v) is 5.59. The van der Waals surface area contributed by atoms with Crippen molar-refractivity contribution in [1.82, 2.24) is 0 Å². The number of hydrogen-bond acceptors (Lipinski definition) is 2. The van der Waals surface area contributed by atoms with Crippen LogP contribution in [0.4, 0.5) is 11.4 Å². The van der Waals surface area contributed by atoms with Crippen LogP contribution in [0.15, 0.2) is 22.7 Å². The van der Waals surface area contributed by atoms with E-state index in [1.807, 2.05) is 12.1 Å². The molecule has 1 aliphatic rings. The van der Waals surface area contributed by atoms with Crippen molar-refractivity contribution >= 4 is 27.3 Å². The van der Waals surface area contributed by atoms with Crippen molar-refractivity contribution in [2.24, 2.45) is 5.92 Å². The number of nitrogens with two attached hydrogens (primary N) is 1. The zero-order valence-corrected chi connectivity index (χ0v) is 11.3. The Bertz CT molecular complexity index is 365. The van der Waals surface area contributed by atoms with E-state index in [0.29, 0.717) is 0 Å². The number of anilines is 2. The third-order valence-corrected chi connectivity index (χ3v) is 3.96. The molecule has 1 heterocycles. The summed E-state index contributed by atoms with van der Waals surface area (Å²) in [6, 6.07) is 6.09. The molecule has 16 heavy (non-hydrogen) atoms. The van der Waals surface area contributed by atoms with Gasteiger partial charge in [-0.2, -0.15) is 0 Å². The van der Waals surface area contributed by atoms with E-state index < -0.39 is 0 Å². The first-order chi connectivity index (χ1) is 7.66. The highest BCUT2D eigenvalue weighted by molar-refractivity contribution is 9.10. The Morgan fingerprint density at radius 3 is 2.88 bits per heavy atom. The van der Waals surface area contributed by atoms with Gasteiger partial charge in [0, 0.05) is 23.2 Å². The lowest BCUT2D eigenvalue weighted by atomic mass is 10.0. The van der Waals surface area contributed by atoms with E-state index >= 15 is 0 Å². The van der Waals surface area contributed by atoms with Crippen molar-refractivity contribution in [3.63, 3.8) is 0 Å². The van der Waals surface area contributed by atoms with Crippen LogP contribution in [0.5, 0.6) is 0 Å². The minimum Gasteiger partial charge on any atom is -0.399 e. The van der Waals surface area contributed by atoms with E-state index in [4.69, 9.17) is 5.73 Å². The van der Waals surface area contributed by atoms with Crippen LogP contribution in [0.25, 0.3) is 0 Å². The van der Waals surface area contributed by atoms with Gasteiger partial charge < -0.3 is 10.6 Å². The van der Waals surface area contributed by atoms with E-state index in [2.05, 4.69) is 33.8 Å². The molecule has 0 spiro atoms. The van der Waals surface area contributed by atoms with E-state index in [1.54, 1.807) is 0 Å². The van der Waals surface area contributed by atoms with Crippen molar-refractivity contribution < 1.29 is 0 Å². The molecule has 1 atom stereocenters. The van der Waals surface area contributed by atoms with Crippen LogP contribution < -0.4 is 10.6 Å². The van der Waals surface area contributed by atoms with E-state index in [-0.39, 0.29) is 0 Å². The molecular formula is C13H19BrN2. The lowest BCUT2D eigenvalue weighted by Crippen LogP contribution is -2.24. The molecule has 88 valence electrons. The molecule has 1 unspecified atom stereocenters. The summed E-state index contributed by atoms with van der Waals surface area (Å²) in [5.74, 6) is 0.859. The molecule has 1 aliphatic heterocycles. The molecule has 0 amide bonds. The first-order valence-electron chi connectivity index (χ1n) is 5.97. The van der Waals surface area contributed by atoms with Crippen LogP contribution in [0.3, 0.4) is 0 Å². The Balaban J connectivity index is 2.16. The average molecular weight is 283 g/mol. The SMILES string of the molecule is CC1CCCN(c2ccc(N)cc2Br)CC1. The molecule has 0 bridgehead atoms. The van der Waals surface area contributed by atoms with Crippen LogP contribution in [0, 0.1) is 5.92 Å². The first-order valence-corrected chi connectivity index (χ1v) is 6.76. The van der Waals surface area contributed by atoms with E-state index in [1.165, 1.54) is 24.9 Å². The number of nitrogen functional groups attached to an aromatic ring is 1. The minimum atomic E-state index is 0.818. The maximum absolute atomic E-state index is 5.76. The standard InChI is InChI=1S/C13H19BrN2/c1-10-3-2-7-16(8-6-10)13-5-4-11(15)9-12(13)14/h4-5,9-10H,2-3,6-8,15H2,1H3. The summed E-state index contributed by atoms with van der Waals surface area (Å²) < 4.78 is 1.11. The monoisotopic (exact) mass is 282 g/mol. The molecule has 0 aliphatic carbocycles. The largest absolute Gasteiger partial charge is 0.399 e. The van der Waals surface area contributed by atoms with Crippen molar-refractivity contribution in [3.8, 4) is 0 Å². The van der Waals surface area contributed by atoms with E-state index in [0.717, 1.165) is 29.2 Å². The van der Waals surface area contributed by atoms with Gasteiger partial charge in [0.05, 0.1) is 5.69 Å². The van der Waals surface area contributed by atoms with Gasteiger partial charge in [0.25, 0.3) is 0 Å². The fourth-order valence-electron chi connectivity index (χ4n) is 2.28. The highest BCUT2D eigenvalue weighted by Gasteiger charge is 2.15. The molecule has 1 fully saturated rings. The Morgan fingerprint density at radius 2 is 2.12 bits per heavy atom. The van der Waals surface area contributed by atoms with Crippen LogP contribution in [-0.2, 0) is 0 Å². The van der Waals surface area contributed by atoms with Gasteiger partial charge in [-0.1, -0.05) is 6.92 Å². The van der Waals surface area contributed by atoms with Crippen LogP contribution >= 0.6 is 15.9 Å². The zero-order chi connectivity index (χ0) is 11.5. The maximum atomic E-state index is 5.76. The van der Waals surface area contributed by atoms with Gasteiger partial charge in [-0.15, -0.1) is 0 Å². The summed E-state index contributed by atoms with van der Waals surface area (Å²) in [6.45, 7) is 4.66. The Labute approximate surface area is 106 Å². The van der Waals surface area contributed by atoms with Crippen LogP contribution in [0.2, 0.25) is 0 Å². The molecular weight excluding hydrogens is 264 g/mol. The number of benzene rings is 1. The average Bonchev–Trinajstić information content (AvgIpc) is 2.43. The number of hydrogen-bond donors (Lipinski definition) is 1. The molecule has 0 radical (unpaired) electrons. The summed E-state index contributed by atoms with van der Waals surface area (Å²) >= 11 is 3.60. The smallest absolute Gasteiger partial charge is 0.0512 e. The van der Waals surface area contributed by atoms with Crippen molar-refractivity contribution in [2.45, 2.75) is 26.2 Å². The lowest BCUT2D eigenvalue weighted by molar-refractivity contribution is 0.521. The van der Waals surface area contributed by atoms with Crippen LogP contribution in [0.1, 0.15) is 26.2 Å². The van der Waals surface area contributed by atoms with Crippen molar-refractivity contribution in [1.29, 1.82) is 0 Å². The van der Waals surface area contributed by atoms with E-state index in [9.17, 15) is 0 Å². The molecule has 1 aromatic rings. The topological polar surface area (TPSA) is 29.3 Å². The molecule has 2 nitrogen and oxygen atoms in total. The maximum Gasteiger partial charge on any atom is 0.0512 e. The van der Waals surface area contributed by atoms with Crippen LogP contribution in [-0.4, -0.2) is 13.1 Å². The van der Waals surface area contributed by atoms with Gasteiger partial charge >= 0.3 is 0 Å². The Morgan fingerprint density at radius 1 is 1.31 bits per heavy atom. The quantitative estimate of drug-likeness (QED) is 0.797. The second-order valence-electron chi connectivity index (χ2n) is 4.73. The number of rotatable bonds is 1. The normalized spacial score (nSPS) is 21.9. The number of nitrogens with zero attached hydrogens (tertiary/aromatic N) is 1. The zero-order valence-electron chi connectivity index (χ0n) is 9.75. The predicted molar refractivity (Wildman–Crippen MR) is 73.8 cm³/mol.